The summed E-state index contributed by atoms with van der Waals surface area (Å²) in [4.78, 5) is 55.4. The molecule has 1 heterocycles. The van der Waals surface area contributed by atoms with E-state index in [1.165, 1.54) is 0 Å². The van der Waals surface area contributed by atoms with Crippen LogP contribution in [0.1, 0.15) is 18.0 Å². The molecule has 11 nitrogen and oxygen atoms in total. The van der Waals surface area contributed by atoms with Gasteiger partial charge in [-0.25, -0.2) is 14.6 Å². The van der Waals surface area contributed by atoms with Crippen LogP contribution < -0.4 is 21.3 Å². The average molecular weight is 597 g/mol. The highest BCUT2D eigenvalue weighted by atomic mass is 19.4. The number of imidazole rings is 1. The molecule has 1 unspecified atom stereocenters. The summed E-state index contributed by atoms with van der Waals surface area (Å²) in [6.07, 6.45) is -6.12. The van der Waals surface area contributed by atoms with E-state index in [9.17, 15) is 32.3 Å². The third-order valence-corrected chi connectivity index (χ3v) is 6.07. The average Bonchev–Trinajstić information content (AvgIpc) is 3.41. The molecule has 0 saturated carbocycles. The van der Waals surface area contributed by atoms with Crippen molar-refractivity contribution in [2.75, 3.05) is 25.0 Å². The fourth-order valence-corrected chi connectivity index (χ4v) is 4.02. The molecule has 224 valence electrons. The Bertz CT molecular complexity index is 1540. The van der Waals surface area contributed by atoms with Crippen molar-refractivity contribution >= 4 is 40.9 Å². The molecule has 14 heteroatoms. The number of anilines is 1. The zero-order valence-corrected chi connectivity index (χ0v) is 22.5. The van der Waals surface area contributed by atoms with Gasteiger partial charge in [0.15, 0.2) is 0 Å². The Balaban J connectivity index is 1.29. The first-order valence-corrected chi connectivity index (χ1v) is 13.1. The second-order valence-electron chi connectivity index (χ2n) is 9.21. The van der Waals surface area contributed by atoms with E-state index in [0.717, 1.165) is 22.2 Å². The number of alkyl halides is 3. The summed E-state index contributed by atoms with van der Waals surface area (Å²) in [7, 11) is 0. The van der Waals surface area contributed by atoms with Crippen molar-refractivity contribution in [2.45, 2.75) is 18.6 Å². The van der Waals surface area contributed by atoms with E-state index >= 15 is 0 Å². The highest BCUT2D eigenvalue weighted by molar-refractivity contribution is 5.89. The van der Waals surface area contributed by atoms with E-state index in [4.69, 9.17) is 0 Å². The van der Waals surface area contributed by atoms with Crippen molar-refractivity contribution in [3.63, 3.8) is 0 Å². The molecule has 1 atom stereocenters. The lowest BCUT2D eigenvalue weighted by Crippen LogP contribution is -2.44. The predicted molar refractivity (Wildman–Crippen MR) is 151 cm³/mol. The van der Waals surface area contributed by atoms with Gasteiger partial charge in [0.05, 0.1) is 30.0 Å². The number of halogens is 3. The molecule has 4 rings (SSSR count). The number of urea groups is 1. The van der Waals surface area contributed by atoms with Crippen LogP contribution in [0, 0.1) is 0 Å². The number of rotatable bonds is 11. The molecule has 43 heavy (non-hydrogen) atoms. The monoisotopic (exact) mass is 596 g/mol. The van der Waals surface area contributed by atoms with Crippen LogP contribution in [0.2, 0.25) is 0 Å². The highest BCUT2D eigenvalue weighted by Gasteiger charge is 2.42. The number of fused-ring (bicyclic) bond motifs is 1. The summed E-state index contributed by atoms with van der Waals surface area (Å²) < 4.78 is 41.6. The predicted octanol–water partition coefficient (Wildman–Crippen LogP) is 3.82. The molecule has 0 bridgehead atoms. The zero-order valence-electron chi connectivity index (χ0n) is 22.5. The topological polar surface area (TPSA) is 154 Å². The van der Waals surface area contributed by atoms with Gasteiger partial charge in [0.25, 0.3) is 0 Å². The number of nitrogens with one attached hydrogen (secondary N) is 5. The molecular formula is C29H27F3N6O5. The quantitative estimate of drug-likeness (QED) is 0.100. The van der Waals surface area contributed by atoms with Gasteiger partial charge < -0.3 is 31.0 Å². The Hall–Kier alpha value is -5.40. The number of carbonyl (C=O) groups is 4. The lowest BCUT2D eigenvalue weighted by atomic mass is 9.99. The number of para-hydroxylation sites is 2. The molecule has 3 amide bonds. The smallest absolute Gasteiger partial charge is 0.386 e. The van der Waals surface area contributed by atoms with Gasteiger partial charge in [-0.2, -0.15) is 13.2 Å². The molecule has 4 aromatic rings. The van der Waals surface area contributed by atoms with Gasteiger partial charge in [-0.1, -0.05) is 66.7 Å². The number of hydrogen-bond donors (Lipinski definition) is 5. The Kier molecular flexibility index (Phi) is 9.93. The van der Waals surface area contributed by atoms with Crippen molar-refractivity contribution in [3.8, 4) is 11.1 Å². The fourth-order valence-electron chi connectivity index (χ4n) is 4.02. The zero-order chi connectivity index (χ0) is 30.8. The second-order valence-corrected chi connectivity index (χ2v) is 9.21. The summed E-state index contributed by atoms with van der Waals surface area (Å²) in [6, 6.07) is 21.5. The van der Waals surface area contributed by atoms with Gasteiger partial charge in [0.2, 0.25) is 11.9 Å². The minimum absolute atomic E-state index is 0.194. The maximum atomic E-state index is 12.6. The van der Waals surface area contributed by atoms with Crippen LogP contribution in [0.3, 0.4) is 0 Å². The van der Waals surface area contributed by atoms with Gasteiger partial charge in [-0.3, -0.25) is 9.59 Å². The number of nitrogens with zero attached hydrogens (tertiary/aromatic N) is 1. The number of ether oxygens (including phenoxy) is 1. The normalized spacial score (nSPS) is 11.8. The molecular weight excluding hydrogens is 569 g/mol. The van der Waals surface area contributed by atoms with Crippen molar-refractivity contribution in [2.24, 2.45) is 0 Å². The standard InChI is InChI=1S/C29H27F3N6O5/c30-29(31,32)26(41)43-25(40)16-23(20-12-10-19(11-13-20)18-6-2-1-3-7-18)36-24(39)17-35-28(42)34-15-14-33-27-37-21-8-4-5-9-22(21)38-27/h1-13,23H,14-17H2,(H,36,39)(H2,33,37,38)(H2,34,35,42). The number of esters is 2. The summed E-state index contributed by atoms with van der Waals surface area (Å²) in [5.74, 6) is -4.35. The third kappa shape index (κ3) is 9.05. The van der Waals surface area contributed by atoms with Gasteiger partial charge in [-0.15, -0.1) is 0 Å². The molecule has 0 radical (unpaired) electrons. The minimum Gasteiger partial charge on any atom is -0.386 e. The van der Waals surface area contributed by atoms with E-state index in [1.54, 1.807) is 24.3 Å². The molecule has 5 N–H and O–H groups in total. The van der Waals surface area contributed by atoms with E-state index < -0.39 is 49.1 Å². The SMILES string of the molecule is O=C(CNC(=O)NCCNc1nc2ccccc2[nH]1)NC(CC(=O)OC(=O)C(F)(F)F)c1ccc(-c2ccccc2)cc1. The van der Waals surface area contributed by atoms with Gasteiger partial charge >= 0.3 is 24.1 Å². The Morgan fingerprint density at radius 1 is 0.837 bits per heavy atom. The number of aromatic amines is 1. The van der Waals surface area contributed by atoms with Gasteiger partial charge in [0, 0.05) is 13.1 Å². The van der Waals surface area contributed by atoms with Gasteiger partial charge in [-0.05, 0) is 28.8 Å². The highest BCUT2D eigenvalue weighted by Crippen LogP contribution is 2.24. The molecule has 0 aliphatic heterocycles. The minimum atomic E-state index is -5.36. The van der Waals surface area contributed by atoms with Gasteiger partial charge in [0.1, 0.15) is 0 Å². The van der Waals surface area contributed by atoms with Crippen LogP contribution in [0.4, 0.5) is 23.9 Å². The van der Waals surface area contributed by atoms with Crippen LogP contribution in [-0.4, -0.2) is 59.7 Å². The number of aromatic nitrogens is 2. The Morgan fingerprint density at radius 3 is 2.21 bits per heavy atom. The fraction of sp³-hybridized carbons (Fsp3) is 0.207. The van der Waals surface area contributed by atoms with Crippen LogP contribution in [-0.2, 0) is 19.1 Å². The molecule has 0 aliphatic carbocycles. The largest absolute Gasteiger partial charge is 0.491 e. The second kappa shape index (κ2) is 14.0. The van der Waals surface area contributed by atoms with E-state index in [-0.39, 0.29) is 6.54 Å². The summed E-state index contributed by atoms with van der Waals surface area (Å²) in [5.41, 5.74) is 3.72. The van der Waals surface area contributed by atoms with E-state index in [0.29, 0.717) is 18.1 Å². The van der Waals surface area contributed by atoms with E-state index in [1.807, 2.05) is 54.6 Å². The maximum Gasteiger partial charge on any atom is 0.491 e. The number of benzene rings is 3. The molecule has 3 aromatic carbocycles. The molecule has 0 fully saturated rings. The van der Waals surface area contributed by atoms with Crippen LogP contribution in [0.5, 0.6) is 0 Å². The van der Waals surface area contributed by atoms with Crippen molar-refractivity contribution in [3.05, 3.63) is 84.4 Å². The molecule has 0 saturated heterocycles. The first-order valence-electron chi connectivity index (χ1n) is 13.1. The lowest BCUT2D eigenvalue weighted by Gasteiger charge is -2.19. The van der Waals surface area contributed by atoms with E-state index in [2.05, 4.69) is 36.0 Å². The maximum absolute atomic E-state index is 12.6. The van der Waals surface area contributed by atoms with Crippen molar-refractivity contribution in [1.29, 1.82) is 0 Å². The van der Waals surface area contributed by atoms with Crippen molar-refractivity contribution < 1.29 is 37.1 Å². The van der Waals surface area contributed by atoms with Crippen molar-refractivity contribution in [1.82, 2.24) is 25.9 Å². The number of hydrogen-bond acceptors (Lipinski definition) is 7. The van der Waals surface area contributed by atoms with Crippen LogP contribution in [0.25, 0.3) is 22.2 Å². The molecule has 0 aliphatic rings. The first kappa shape index (κ1) is 30.6. The summed E-state index contributed by atoms with van der Waals surface area (Å²) >= 11 is 0. The number of H-pyrrole nitrogens is 1. The lowest BCUT2D eigenvalue weighted by molar-refractivity contribution is -0.202. The summed E-state index contributed by atoms with van der Waals surface area (Å²) in [6.45, 7) is 0.0250. The van der Waals surface area contributed by atoms with Crippen LogP contribution >= 0.6 is 0 Å². The Morgan fingerprint density at radius 2 is 1.51 bits per heavy atom. The molecule has 0 spiro atoms. The Labute approximate surface area is 243 Å². The molecule has 1 aromatic heterocycles. The number of amides is 3. The number of carbonyl (C=O) groups excluding carboxylic acids is 4. The first-order chi connectivity index (χ1) is 20.6. The summed E-state index contributed by atoms with van der Waals surface area (Å²) in [5, 5.41) is 10.4. The third-order valence-electron chi connectivity index (χ3n) is 6.07. The van der Waals surface area contributed by atoms with Crippen LogP contribution in [0.15, 0.2) is 78.9 Å².